The van der Waals surface area contributed by atoms with Crippen molar-refractivity contribution in [3.63, 3.8) is 0 Å². The first kappa shape index (κ1) is 29.5. The summed E-state index contributed by atoms with van der Waals surface area (Å²) >= 11 is 0. The van der Waals surface area contributed by atoms with Crippen molar-refractivity contribution in [2.75, 3.05) is 0 Å². The number of rotatable bonds is 7. The Hall–Kier alpha value is -4.22. The van der Waals surface area contributed by atoms with E-state index in [0.29, 0.717) is 0 Å². The third-order valence-corrected chi connectivity index (χ3v) is 13.3. The molecule has 0 radical (unpaired) electrons. The zero-order chi connectivity index (χ0) is 30.8. The molecule has 0 aliphatic carbocycles. The summed E-state index contributed by atoms with van der Waals surface area (Å²) in [5, 5.41) is 7.54. The minimum atomic E-state index is -0.888. The van der Waals surface area contributed by atoms with Crippen LogP contribution in [0.15, 0.2) is 146 Å². The molecule has 0 N–H and O–H groups in total. The lowest BCUT2D eigenvalue weighted by molar-refractivity contribution is -0.0971. The van der Waals surface area contributed by atoms with E-state index >= 15 is 0 Å². The van der Waals surface area contributed by atoms with Gasteiger partial charge in [-0.1, -0.05) is 140 Å². The predicted molar refractivity (Wildman–Crippen MR) is 193 cm³/mol. The molecule has 7 rings (SSSR count). The molecule has 0 amide bonds. The van der Waals surface area contributed by atoms with Crippen LogP contribution in [0.25, 0.3) is 0 Å². The second-order valence-corrected chi connectivity index (χ2v) is 15.9. The summed E-state index contributed by atoms with van der Waals surface area (Å²) in [5.41, 5.74) is 4.87. The van der Waals surface area contributed by atoms with Crippen LogP contribution >= 0.6 is 15.8 Å². The molecule has 222 valence electrons. The van der Waals surface area contributed by atoms with E-state index in [4.69, 9.17) is 9.78 Å². The van der Waals surface area contributed by atoms with Crippen molar-refractivity contribution in [3.05, 3.63) is 168 Å². The Morgan fingerprint density at radius 1 is 0.467 bits per heavy atom. The minimum Gasteiger partial charge on any atom is -0.289 e. The van der Waals surface area contributed by atoms with Crippen LogP contribution in [0, 0.1) is 13.8 Å². The summed E-state index contributed by atoms with van der Waals surface area (Å²) in [6, 6.07) is 52.6. The first-order chi connectivity index (χ1) is 22.1. The van der Waals surface area contributed by atoms with E-state index in [-0.39, 0.29) is 5.92 Å². The van der Waals surface area contributed by atoms with Crippen LogP contribution in [0.2, 0.25) is 0 Å². The highest BCUT2D eigenvalue weighted by molar-refractivity contribution is 7.80. The van der Waals surface area contributed by atoms with E-state index in [1.165, 1.54) is 54.1 Å². The van der Waals surface area contributed by atoms with Gasteiger partial charge in [-0.3, -0.25) is 9.78 Å². The van der Waals surface area contributed by atoms with Crippen molar-refractivity contribution in [2.24, 2.45) is 0 Å². The van der Waals surface area contributed by atoms with E-state index in [0.717, 1.165) is 17.9 Å². The maximum Gasteiger partial charge on any atom is 0.190 e. The minimum absolute atomic E-state index is 0.126. The zero-order valence-electron chi connectivity index (χ0n) is 25.9. The fraction of sp³-hybridized carbons (Fsp3) is 0.122. The number of fused-ring (bicyclic) bond motifs is 2. The molecule has 0 aromatic heterocycles. The van der Waals surface area contributed by atoms with Gasteiger partial charge in [0.2, 0.25) is 0 Å². The van der Waals surface area contributed by atoms with Crippen LogP contribution in [-0.2, 0) is 0 Å². The number of benzene rings is 6. The molecule has 2 nitrogen and oxygen atoms in total. The Labute approximate surface area is 269 Å². The fourth-order valence-corrected chi connectivity index (χ4v) is 11.4. The van der Waals surface area contributed by atoms with Gasteiger partial charge >= 0.3 is 0 Å². The first-order valence-electron chi connectivity index (χ1n) is 15.6. The van der Waals surface area contributed by atoms with Crippen molar-refractivity contribution in [2.45, 2.75) is 33.1 Å². The van der Waals surface area contributed by atoms with Gasteiger partial charge in [0.15, 0.2) is 11.5 Å². The zero-order valence-corrected chi connectivity index (χ0v) is 27.6. The first-order valence-corrected chi connectivity index (χ1v) is 18.2. The molecule has 0 atom stereocenters. The predicted octanol–water partition coefficient (Wildman–Crippen LogP) is 8.05. The molecule has 6 aromatic carbocycles. The molecule has 0 saturated carbocycles. The Morgan fingerprint density at radius 2 is 0.778 bits per heavy atom. The molecule has 0 bridgehead atoms. The Bertz CT molecular complexity index is 1690. The number of aryl methyl sites for hydroxylation is 2. The maximum atomic E-state index is 6.65. The van der Waals surface area contributed by atoms with Crippen LogP contribution < -0.4 is 41.6 Å². The smallest absolute Gasteiger partial charge is 0.190 e. The van der Waals surface area contributed by atoms with Crippen LogP contribution in [-0.4, -0.2) is 0 Å². The van der Waals surface area contributed by atoms with Crippen LogP contribution in [0.5, 0.6) is 11.5 Å². The van der Waals surface area contributed by atoms with E-state index in [1.54, 1.807) is 0 Å². The lowest BCUT2D eigenvalue weighted by atomic mass is 9.86. The van der Waals surface area contributed by atoms with Crippen molar-refractivity contribution in [3.8, 4) is 11.5 Å². The van der Waals surface area contributed by atoms with Crippen LogP contribution in [0.1, 0.15) is 41.5 Å². The molecule has 1 aliphatic heterocycles. The van der Waals surface area contributed by atoms with E-state index < -0.39 is 15.8 Å². The van der Waals surface area contributed by atoms with Gasteiger partial charge in [-0.2, -0.15) is 0 Å². The molecule has 0 spiro atoms. The average Bonchev–Trinajstić information content (AvgIpc) is 3.23. The molecule has 1 heterocycles. The SMILES string of the molecule is CCC1c2cc(C)cc(P(c3ccccc3)c3ccccc3)c2OOc2c1cc(C)cc2P(c1ccccc1)c1ccccc1. The third kappa shape index (κ3) is 5.82. The number of hydrogen-bond donors (Lipinski definition) is 0. The highest BCUT2D eigenvalue weighted by atomic mass is 31.1. The van der Waals surface area contributed by atoms with Gasteiger partial charge in [0.25, 0.3) is 0 Å². The van der Waals surface area contributed by atoms with Crippen LogP contribution in [0.4, 0.5) is 0 Å². The Balaban J connectivity index is 1.44. The molecule has 4 heteroatoms. The standard InChI is InChI=1S/C41H36O2P2/c1-4-35-36-25-29(2)27-38(44(31-17-9-5-10-18-31)32-19-11-6-12-20-32)40(36)42-43-41-37(35)26-30(3)28-39(41)45(33-21-13-7-14-22-33)34-23-15-8-16-24-34/h5-28,35H,4H2,1-3H3. The molecular weight excluding hydrogens is 586 g/mol. The second kappa shape index (κ2) is 13.0. The summed E-state index contributed by atoms with van der Waals surface area (Å²) in [6.07, 6.45) is 0.932. The number of hydrogen-bond acceptors (Lipinski definition) is 2. The monoisotopic (exact) mass is 622 g/mol. The quantitative estimate of drug-likeness (QED) is 0.133. The van der Waals surface area contributed by atoms with Crippen LogP contribution in [0.3, 0.4) is 0 Å². The molecule has 0 unspecified atom stereocenters. The lowest BCUT2D eigenvalue weighted by Crippen LogP contribution is -2.25. The molecule has 0 saturated heterocycles. The van der Waals surface area contributed by atoms with Gasteiger partial charge in [0.1, 0.15) is 0 Å². The van der Waals surface area contributed by atoms with Gasteiger partial charge in [-0.25, -0.2) is 0 Å². The van der Waals surface area contributed by atoms with E-state index in [2.05, 4.69) is 166 Å². The summed E-state index contributed by atoms with van der Waals surface area (Å²) in [5.74, 6) is 1.84. The maximum absolute atomic E-state index is 6.65. The van der Waals surface area contributed by atoms with E-state index in [9.17, 15) is 0 Å². The third-order valence-electron chi connectivity index (χ3n) is 8.39. The van der Waals surface area contributed by atoms with Crippen molar-refractivity contribution >= 4 is 47.7 Å². The van der Waals surface area contributed by atoms with Gasteiger partial charge in [0, 0.05) is 27.7 Å². The molecule has 0 fully saturated rings. The Kier molecular flexibility index (Phi) is 8.53. The molecular formula is C41H36O2P2. The summed E-state index contributed by atoms with van der Waals surface area (Å²) in [6.45, 7) is 6.69. The van der Waals surface area contributed by atoms with Gasteiger partial charge in [-0.15, -0.1) is 0 Å². The molecule has 45 heavy (non-hydrogen) atoms. The highest BCUT2D eigenvalue weighted by Gasteiger charge is 2.34. The summed E-state index contributed by atoms with van der Waals surface area (Å²) < 4.78 is 0. The van der Waals surface area contributed by atoms with Crippen molar-refractivity contribution in [1.29, 1.82) is 0 Å². The van der Waals surface area contributed by atoms with Gasteiger partial charge < -0.3 is 0 Å². The van der Waals surface area contributed by atoms with Crippen molar-refractivity contribution < 1.29 is 9.78 Å². The van der Waals surface area contributed by atoms with Gasteiger partial charge in [0.05, 0.1) is 0 Å². The molecule has 6 aromatic rings. The summed E-state index contributed by atoms with van der Waals surface area (Å²) in [4.78, 5) is 13.3. The average molecular weight is 623 g/mol. The molecule has 1 aliphatic rings. The van der Waals surface area contributed by atoms with Gasteiger partial charge in [-0.05, 0) is 80.6 Å². The van der Waals surface area contributed by atoms with Crippen molar-refractivity contribution in [1.82, 2.24) is 0 Å². The second-order valence-electron chi connectivity index (χ2n) is 11.5. The normalized spacial score (nSPS) is 12.6. The topological polar surface area (TPSA) is 18.5 Å². The van der Waals surface area contributed by atoms with E-state index in [1.807, 2.05) is 0 Å². The fourth-order valence-electron chi connectivity index (χ4n) is 6.45. The summed E-state index contributed by atoms with van der Waals surface area (Å²) in [7, 11) is -1.78. The highest BCUT2D eigenvalue weighted by Crippen LogP contribution is 2.48. The Morgan fingerprint density at radius 3 is 1.07 bits per heavy atom. The lowest BCUT2D eigenvalue weighted by Gasteiger charge is -2.24. The largest absolute Gasteiger partial charge is 0.289 e.